The minimum absolute atomic E-state index is 0.792. The summed E-state index contributed by atoms with van der Waals surface area (Å²) in [5, 5.41) is 0.792. The Morgan fingerprint density at radius 3 is 2.50 bits per heavy atom. The molecule has 0 bridgehead atoms. The number of unbranched alkanes of at least 4 members (excludes halogenated alkanes) is 3. The van der Waals surface area contributed by atoms with Gasteiger partial charge in [-0.1, -0.05) is 67.6 Å². The Balaban J connectivity index is 2.59. The molecule has 1 rings (SSSR count). The molecule has 0 spiro atoms. The van der Waals surface area contributed by atoms with E-state index in [0.29, 0.717) is 0 Å². The Morgan fingerprint density at radius 2 is 1.89 bits per heavy atom. The van der Waals surface area contributed by atoms with E-state index in [0.717, 1.165) is 11.4 Å². The van der Waals surface area contributed by atoms with Crippen LogP contribution in [-0.2, 0) is 0 Å². The summed E-state index contributed by atoms with van der Waals surface area (Å²) in [5.74, 6) is 0. The van der Waals surface area contributed by atoms with Crippen molar-refractivity contribution < 1.29 is 0 Å². The first kappa shape index (κ1) is 15.0. The summed E-state index contributed by atoms with van der Waals surface area (Å²) in [6, 6.07) is 8.01. The first-order chi connectivity index (χ1) is 8.76. The minimum atomic E-state index is 0.792. The molecule has 0 unspecified atom stereocenters. The van der Waals surface area contributed by atoms with Crippen LogP contribution in [0.4, 0.5) is 0 Å². The highest BCUT2D eigenvalue weighted by molar-refractivity contribution is 6.30. The maximum absolute atomic E-state index is 5.89. The fraction of sp³-hybridized carbons (Fsp3) is 0.412. The van der Waals surface area contributed by atoms with E-state index in [1.54, 1.807) is 0 Å². The lowest BCUT2D eigenvalue weighted by molar-refractivity contribution is 0.662. The third-order valence-corrected chi connectivity index (χ3v) is 3.25. The van der Waals surface area contributed by atoms with Crippen LogP contribution < -0.4 is 0 Å². The van der Waals surface area contributed by atoms with Gasteiger partial charge in [0.25, 0.3) is 0 Å². The van der Waals surface area contributed by atoms with Gasteiger partial charge in [-0.3, -0.25) is 0 Å². The van der Waals surface area contributed by atoms with Crippen molar-refractivity contribution in [1.29, 1.82) is 0 Å². The highest BCUT2D eigenvalue weighted by atomic mass is 35.5. The molecule has 0 saturated carbocycles. The number of allylic oxidation sites excluding steroid dienone is 2. The first-order valence-corrected chi connectivity index (χ1v) is 7.20. The van der Waals surface area contributed by atoms with Crippen LogP contribution in [0.1, 0.15) is 51.0 Å². The van der Waals surface area contributed by atoms with Gasteiger partial charge in [0.05, 0.1) is 0 Å². The Labute approximate surface area is 116 Å². The number of rotatable bonds is 8. The van der Waals surface area contributed by atoms with E-state index in [1.165, 1.54) is 43.2 Å². The van der Waals surface area contributed by atoms with E-state index >= 15 is 0 Å². The first-order valence-electron chi connectivity index (χ1n) is 6.82. The Bertz CT molecular complexity index is 373. The van der Waals surface area contributed by atoms with Gasteiger partial charge in [0.2, 0.25) is 0 Å². The number of benzene rings is 1. The molecule has 0 aliphatic rings. The lowest BCUT2D eigenvalue weighted by Crippen LogP contribution is -1.85. The molecule has 0 N–H and O–H groups in total. The van der Waals surface area contributed by atoms with Gasteiger partial charge in [-0.25, -0.2) is 0 Å². The third-order valence-electron chi connectivity index (χ3n) is 3.00. The fourth-order valence-corrected chi connectivity index (χ4v) is 2.12. The van der Waals surface area contributed by atoms with Gasteiger partial charge >= 0.3 is 0 Å². The van der Waals surface area contributed by atoms with Crippen molar-refractivity contribution in [1.82, 2.24) is 0 Å². The van der Waals surface area contributed by atoms with Gasteiger partial charge < -0.3 is 0 Å². The summed E-state index contributed by atoms with van der Waals surface area (Å²) in [6.07, 6.45) is 11.6. The summed E-state index contributed by atoms with van der Waals surface area (Å²) in [4.78, 5) is 0. The zero-order valence-electron chi connectivity index (χ0n) is 11.3. The summed E-state index contributed by atoms with van der Waals surface area (Å²) >= 11 is 5.89. The minimum Gasteiger partial charge on any atom is -0.103 e. The van der Waals surface area contributed by atoms with Gasteiger partial charge in [0.1, 0.15) is 0 Å². The van der Waals surface area contributed by atoms with Crippen molar-refractivity contribution in [2.75, 3.05) is 0 Å². The normalized spacial score (nSPS) is 11.6. The van der Waals surface area contributed by atoms with Gasteiger partial charge in [0.15, 0.2) is 0 Å². The van der Waals surface area contributed by atoms with Crippen LogP contribution in [0.25, 0.3) is 6.08 Å². The molecule has 0 radical (unpaired) electrons. The zero-order valence-corrected chi connectivity index (χ0v) is 12.0. The highest BCUT2D eigenvalue weighted by Gasteiger charge is 1.97. The van der Waals surface area contributed by atoms with Gasteiger partial charge in [-0.15, -0.1) is 6.58 Å². The monoisotopic (exact) mass is 262 g/mol. The molecule has 0 fully saturated rings. The molecule has 0 aliphatic heterocycles. The van der Waals surface area contributed by atoms with Crippen LogP contribution in [-0.4, -0.2) is 0 Å². The molecule has 0 nitrogen and oxygen atoms in total. The van der Waals surface area contributed by atoms with E-state index in [2.05, 4.69) is 31.7 Å². The van der Waals surface area contributed by atoms with Gasteiger partial charge in [-0.05, 0) is 37.0 Å². The number of hydrogen-bond donors (Lipinski definition) is 0. The van der Waals surface area contributed by atoms with Gasteiger partial charge in [0, 0.05) is 5.02 Å². The zero-order chi connectivity index (χ0) is 13.2. The second-order valence-electron chi connectivity index (χ2n) is 4.66. The number of halogens is 1. The summed E-state index contributed by atoms with van der Waals surface area (Å²) < 4.78 is 0. The molecule has 0 saturated heterocycles. The maximum atomic E-state index is 5.89. The van der Waals surface area contributed by atoms with E-state index in [-0.39, 0.29) is 0 Å². The molecule has 0 aromatic heterocycles. The predicted octanol–water partition coefficient (Wildman–Crippen LogP) is 6.27. The molecule has 0 atom stereocenters. The van der Waals surface area contributed by atoms with Crippen LogP contribution in [0.15, 0.2) is 42.5 Å². The molecule has 0 amide bonds. The fourth-order valence-electron chi connectivity index (χ4n) is 1.99. The molecular formula is C17H23Cl. The summed E-state index contributed by atoms with van der Waals surface area (Å²) in [7, 11) is 0. The Kier molecular flexibility index (Phi) is 7.52. The topological polar surface area (TPSA) is 0 Å². The second-order valence-corrected chi connectivity index (χ2v) is 5.09. The summed E-state index contributed by atoms with van der Waals surface area (Å²) in [5.41, 5.74) is 2.69. The highest BCUT2D eigenvalue weighted by Crippen LogP contribution is 2.19. The Hall–Kier alpha value is -1.01. The van der Waals surface area contributed by atoms with Crippen molar-refractivity contribution in [2.45, 2.75) is 45.4 Å². The second kappa shape index (κ2) is 8.99. The molecule has 1 aromatic carbocycles. The maximum Gasteiger partial charge on any atom is 0.0406 e. The van der Waals surface area contributed by atoms with E-state index in [1.807, 2.05) is 18.2 Å². The quantitative estimate of drug-likeness (QED) is 0.383. The third kappa shape index (κ3) is 6.07. The molecule has 0 heterocycles. The van der Waals surface area contributed by atoms with E-state index in [9.17, 15) is 0 Å². The number of hydrogen-bond acceptors (Lipinski definition) is 0. The average molecular weight is 263 g/mol. The average Bonchev–Trinajstić information content (AvgIpc) is 2.37. The smallest absolute Gasteiger partial charge is 0.0406 e. The molecule has 1 aromatic rings. The summed E-state index contributed by atoms with van der Waals surface area (Å²) in [6.45, 7) is 6.08. The van der Waals surface area contributed by atoms with Crippen molar-refractivity contribution in [3.8, 4) is 0 Å². The van der Waals surface area contributed by atoms with Crippen molar-refractivity contribution >= 4 is 17.7 Å². The predicted molar refractivity (Wildman–Crippen MR) is 83.0 cm³/mol. The van der Waals surface area contributed by atoms with Crippen molar-refractivity contribution in [2.24, 2.45) is 0 Å². The van der Waals surface area contributed by atoms with Crippen molar-refractivity contribution in [3.05, 3.63) is 53.1 Å². The standard InChI is InChI=1S/C17H23Cl/c1-3-5-6-7-9-15(8-4-2)14-16-10-12-17(18)13-11-16/h4,10-14H,2-3,5-9H2,1H3/b15-14-. The van der Waals surface area contributed by atoms with Crippen LogP contribution in [0, 0.1) is 0 Å². The molecule has 1 heteroatoms. The Morgan fingerprint density at radius 1 is 1.17 bits per heavy atom. The largest absolute Gasteiger partial charge is 0.103 e. The lowest BCUT2D eigenvalue weighted by atomic mass is 10.0. The SMILES string of the molecule is C=CC/C(=C/c1ccc(Cl)cc1)CCCCCC. The van der Waals surface area contributed by atoms with Crippen LogP contribution in [0.2, 0.25) is 5.02 Å². The molecule has 18 heavy (non-hydrogen) atoms. The molecule has 0 aliphatic carbocycles. The molecular weight excluding hydrogens is 240 g/mol. The lowest BCUT2D eigenvalue weighted by Gasteiger charge is -2.05. The van der Waals surface area contributed by atoms with Crippen molar-refractivity contribution in [3.63, 3.8) is 0 Å². The van der Waals surface area contributed by atoms with E-state index in [4.69, 9.17) is 11.6 Å². The molecule has 98 valence electrons. The van der Waals surface area contributed by atoms with Crippen LogP contribution in [0.5, 0.6) is 0 Å². The van der Waals surface area contributed by atoms with Crippen LogP contribution in [0.3, 0.4) is 0 Å². The van der Waals surface area contributed by atoms with Gasteiger partial charge in [-0.2, -0.15) is 0 Å². The van der Waals surface area contributed by atoms with E-state index < -0.39 is 0 Å². The van der Waals surface area contributed by atoms with Crippen LogP contribution >= 0.6 is 11.6 Å².